The average molecular weight is 285 g/mol. The van der Waals surface area contributed by atoms with Crippen LogP contribution in [0.1, 0.15) is 5.56 Å². The van der Waals surface area contributed by atoms with Gasteiger partial charge in [0.15, 0.2) is 0 Å². The molecule has 2 aromatic carbocycles. The molecular weight excluding hydrogens is 272 g/mol. The standard InChI is InChI=1S/C16H13ClN2O/c17-15-8-13(6-5-12(15)9-18)20-14-7-11-3-1-2-4-16(11)19-10-14/h1-8,10H,9,18H2. The minimum Gasteiger partial charge on any atom is -0.456 e. The highest BCUT2D eigenvalue weighted by Crippen LogP contribution is 2.27. The predicted molar refractivity (Wildman–Crippen MR) is 81.2 cm³/mol. The van der Waals surface area contributed by atoms with Gasteiger partial charge in [0.25, 0.3) is 0 Å². The summed E-state index contributed by atoms with van der Waals surface area (Å²) in [4.78, 5) is 4.36. The molecule has 3 rings (SSSR count). The summed E-state index contributed by atoms with van der Waals surface area (Å²) in [6.45, 7) is 0.413. The van der Waals surface area contributed by atoms with Gasteiger partial charge in [-0.05, 0) is 29.8 Å². The van der Waals surface area contributed by atoms with E-state index in [1.165, 1.54) is 0 Å². The molecule has 1 heterocycles. The van der Waals surface area contributed by atoms with Crippen LogP contribution in [0.15, 0.2) is 54.7 Å². The average Bonchev–Trinajstić information content (AvgIpc) is 2.47. The molecule has 1 aromatic heterocycles. The molecule has 20 heavy (non-hydrogen) atoms. The summed E-state index contributed by atoms with van der Waals surface area (Å²) in [5.74, 6) is 1.35. The van der Waals surface area contributed by atoms with Crippen LogP contribution in [0.2, 0.25) is 5.02 Å². The van der Waals surface area contributed by atoms with Gasteiger partial charge in [0.05, 0.1) is 11.7 Å². The number of aromatic nitrogens is 1. The number of ether oxygens (including phenoxy) is 1. The first-order valence-electron chi connectivity index (χ1n) is 6.27. The second kappa shape index (κ2) is 5.49. The van der Waals surface area contributed by atoms with Gasteiger partial charge in [-0.2, -0.15) is 0 Å². The molecule has 0 atom stereocenters. The fourth-order valence-electron chi connectivity index (χ4n) is 2.00. The number of halogens is 1. The van der Waals surface area contributed by atoms with Crippen molar-refractivity contribution in [3.8, 4) is 11.5 Å². The van der Waals surface area contributed by atoms with E-state index < -0.39 is 0 Å². The molecular formula is C16H13ClN2O. The number of nitrogens with zero attached hydrogens (tertiary/aromatic N) is 1. The van der Waals surface area contributed by atoms with Gasteiger partial charge in [-0.1, -0.05) is 35.9 Å². The van der Waals surface area contributed by atoms with E-state index in [2.05, 4.69) is 4.98 Å². The summed E-state index contributed by atoms with van der Waals surface area (Å²) in [5.41, 5.74) is 7.42. The lowest BCUT2D eigenvalue weighted by Gasteiger charge is -2.08. The van der Waals surface area contributed by atoms with Gasteiger partial charge in [-0.3, -0.25) is 4.98 Å². The normalized spacial score (nSPS) is 10.7. The van der Waals surface area contributed by atoms with Gasteiger partial charge in [-0.15, -0.1) is 0 Å². The Labute approximate surface area is 122 Å². The van der Waals surface area contributed by atoms with Crippen LogP contribution in [-0.4, -0.2) is 4.98 Å². The van der Waals surface area contributed by atoms with Crippen LogP contribution in [0.25, 0.3) is 10.9 Å². The molecule has 0 unspecified atom stereocenters. The van der Waals surface area contributed by atoms with Crippen LogP contribution in [0.4, 0.5) is 0 Å². The van der Waals surface area contributed by atoms with E-state index in [-0.39, 0.29) is 0 Å². The Kier molecular flexibility index (Phi) is 3.54. The Bertz CT molecular complexity index is 758. The van der Waals surface area contributed by atoms with Gasteiger partial charge in [0, 0.05) is 17.0 Å². The lowest BCUT2D eigenvalue weighted by molar-refractivity contribution is 0.481. The summed E-state index contributed by atoms with van der Waals surface area (Å²) in [6, 6.07) is 15.3. The summed E-state index contributed by atoms with van der Waals surface area (Å²) in [7, 11) is 0. The van der Waals surface area contributed by atoms with Crippen molar-refractivity contribution in [2.75, 3.05) is 0 Å². The molecule has 3 nitrogen and oxygen atoms in total. The summed E-state index contributed by atoms with van der Waals surface area (Å²) >= 11 is 6.12. The molecule has 0 aliphatic carbocycles. The van der Waals surface area contributed by atoms with E-state index in [0.717, 1.165) is 16.5 Å². The zero-order chi connectivity index (χ0) is 13.9. The predicted octanol–water partition coefficient (Wildman–Crippen LogP) is 4.14. The zero-order valence-corrected chi connectivity index (χ0v) is 11.5. The number of nitrogens with two attached hydrogens (primary N) is 1. The maximum Gasteiger partial charge on any atom is 0.146 e. The fraction of sp³-hybridized carbons (Fsp3) is 0.0625. The minimum absolute atomic E-state index is 0.413. The number of hydrogen-bond donors (Lipinski definition) is 1. The molecule has 0 fully saturated rings. The van der Waals surface area contributed by atoms with Crippen molar-refractivity contribution >= 4 is 22.5 Å². The van der Waals surface area contributed by atoms with E-state index in [1.54, 1.807) is 12.3 Å². The highest BCUT2D eigenvalue weighted by Gasteiger charge is 2.04. The Hall–Kier alpha value is -2.10. The fourth-order valence-corrected chi connectivity index (χ4v) is 2.25. The third-order valence-electron chi connectivity index (χ3n) is 3.05. The van der Waals surface area contributed by atoms with E-state index >= 15 is 0 Å². The third kappa shape index (κ3) is 2.59. The van der Waals surface area contributed by atoms with Crippen LogP contribution < -0.4 is 10.5 Å². The first-order valence-corrected chi connectivity index (χ1v) is 6.65. The molecule has 0 bridgehead atoms. The van der Waals surface area contributed by atoms with Gasteiger partial charge >= 0.3 is 0 Å². The topological polar surface area (TPSA) is 48.1 Å². The van der Waals surface area contributed by atoms with Gasteiger partial charge in [-0.25, -0.2) is 0 Å². The SMILES string of the molecule is NCc1ccc(Oc2cnc3ccccc3c2)cc1Cl. The lowest BCUT2D eigenvalue weighted by atomic mass is 10.2. The highest BCUT2D eigenvalue weighted by molar-refractivity contribution is 6.31. The van der Waals surface area contributed by atoms with Crippen LogP contribution in [0, 0.1) is 0 Å². The zero-order valence-electron chi connectivity index (χ0n) is 10.7. The van der Waals surface area contributed by atoms with Crippen LogP contribution >= 0.6 is 11.6 Å². The summed E-state index contributed by atoms with van der Waals surface area (Å²) < 4.78 is 5.78. The number of hydrogen-bond acceptors (Lipinski definition) is 3. The second-order valence-corrected chi connectivity index (χ2v) is 4.83. The summed E-state index contributed by atoms with van der Waals surface area (Å²) in [5, 5.41) is 1.65. The smallest absolute Gasteiger partial charge is 0.146 e. The molecule has 0 spiro atoms. The molecule has 0 saturated heterocycles. The molecule has 2 N–H and O–H groups in total. The lowest BCUT2D eigenvalue weighted by Crippen LogP contribution is -1.97. The van der Waals surface area contributed by atoms with E-state index in [4.69, 9.17) is 22.1 Å². The molecule has 0 radical (unpaired) electrons. The maximum absolute atomic E-state index is 6.12. The third-order valence-corrected chi connectivity index (χ3v) is 3.40. The quantitative estimate of drug-likeness (QED) is 0.786. The van der Waals surface area contributed by atoms with E-state index in [0.29, 0.717) is 23.1 Å². The number of pyridine rings is 1. The minimum atomic E-state index is 0.413. The van der Waals surface area contributed by atoms with Crippen molar-refractivity contribution in [3.05, 3.63) is 65.3 Å². The largest absolute Gasteiger partial charge is 0.456 e. The summed E-state index contributed by atoms with van der Waals surface area (Å²) in [6.07, 6.45) is 1.70. The number of benzene rings is 2. The first-order chi connectivity index (χ1) is 9.76. The van der Waals surface area contributed by atoms with Crippen molar-refractivity contribution in [3.63, 3.8) is 0 Å². The first kappa shape index (κ1) is 12.9. The Balaban J connectivity index is 1.90. The molecule has 3 aromatic rings. The van der Waals surface area contributed by atoms with E-state index in [1.807, 2.05) is 42.5 Å². The molecule has 0 aliphatic heterocycles. The van der Waals surface area contributed by atoms with Gasteiger partial charge < -0.3 is 10.5 Å². The van der Waals surface area contributed by atoms with Crippen LogP contribution in [-0.2, 0) is 6.54 Å². The molecule has 4 heteroatoms. The van der Waals surface area contributed by atoms with Crippen molar-refractivity contribution < 1.29 is 4.74 Å². The molecule has 0 saturated carbocycles. The van der Waals surface area contributed by atoms with Crippen molar-refractivity contribution in [1.82, 2.24) is 4.98 Å². The molecule has 100 valence electrons. The van der Waals surface area contributed by atoms with Crippen molar-refractivity contribution in [1.29, 1.82) is 0 Å². The Morgan fingerprint density at radius 3 is 2.70 bits per heavy atom. The van der Waals surface area contributed by atoms with Crippen molar-refractivity contribution in [2.45, 2.75) is 6.54 Å². The van der Waals surface area contributed by atoms with Gasteiger partial charge in [0.2, 0.25) is 0 Å². The maximum atomic E-state index is 6.12. The number of fused-ring (bicyclic) bond motifs is 1. The monoisotopic (exact) mass is 284 g/mol. The van der Waals surface area contributed by atoms with Crippen LogP contribution in [0.5, 0.6) is 11.5 Å². The highest BCUT2D eigenvalue weighted by atomic mass is 35.5. The second-order valence-electron chi connectivity index (χ2n) is 4.42. The Morgan fingerprint density at radius 2 is 1.90 bits per heavy atom. The van der Waals surface area contributed by atoms with Crippen LogP contribution in [0.3, 0.4) is 0 Å². The van der Waals surface area contributed by atoms with Crippen molar-refractivity contribution in [2.24, 2.45) is 5.73 Å². The molecule has 0 aliphatic rings. The van der Waals surface area contributed by atoms with Gasteiger partial charge in [0.1, 0.15) is 11.5 Å². The Morgan fingerprint density at radius 1 is 1.05 bits per heavy atom. The number of rotatable bonds is 3. The number of para-hydroxylation sites is 1. The van der Waals surface area contributed by atoms with E-state index in [9.17, 15) is 0 Å². The molecule has 0 amide bonds.